The van der Waals surface area contributed by atoms with Crippen LogP contribution in [0.2, 0.25) is 5.02 Å². The van der Waals surface area contributed by atoms with Gasteiger partial charge in [-0.2, -0.15) is 5.10 Å². The van der Waals surface area contributed by atoms with E-state index < -0.39 is 0 Å². The van der Waals surface area contributed by atoms with Crippen LogP contribution in [0, 0.1) is 0 Å². The molecule has 0 spiro atoms. The molecule has 1 aromatic carbocycles. The zero-order chi connectivity index (χ0) is 12.8. The SMILES string of the molecule is Clc1cccc(-n2ncc3c2ncn2cnnc32)c1. The van der Waals surface area contributed by atoms with Gasteiger partial charge >= 0.3 is 0 Å². The first kappa shape index (κ1) is 10.5. The molecule has 0 N–H and O–H groups in total. The summed E-state index contributed by atoms with van der Waals surface area (Å²) in [6.45, 7) is 0. The van der Waals surface area contributed by atoms with Gasteiger partial charge in [0.25, 0.3) is 0 Å². The van der Waals surface area contributed by atoms with Crippen LogP contribution in [0.4, 0.5) is 0 Å². The van der Waals surface area contributed by atoms with E-state index in [9.17, 15) is 0 Å². The van der Waals surface area contributed by atoms with Crippen LogP contribution in [0.15, 0.2) is 43.1 Å². The summed E-state index contributed by atoms with van der Waals surface area (Å²) in [5, 5.41) is 13.8. The first-order chi connectivity index (χ1) is 9.33. The zero-order valence-electron chi connectivity index (χ0n) is 9.60. The van der Waals surface area contributed by atoms with E-state index in [0.29, 0.717) is 5.02 Å². The highest BCUT2D eigenvalue weighted by atomic mass is 35.5. The lowest BCUT2D eigenvalue weighted by Crippen LogP contribution is -1.98. The van der Waals surface area contributed by atoms with Crippen LogP contribution in [0.3, 0.4) is 0 Å². The van der Waals surface area contributed by atoms with Gasteiger partial charge in [0.15, 0.2) is 11.3 Å². The minimum atomic E-state index is 0.657. The first-order valence-corrected chi connectivity index (χ1v) is 5.99. The smallest absolute Gasteiger partial charge is 0.174 e. The van der Waals surface area contributed by atoms with Crippen molar-refractivity contribution in [3.05, 3.63) is 48.1 Å². The Morgan fingerprint density at radius 2 is 2.05 bits per heavy atom. The molecule has 0 radical (unpaired) electrons. The van der Waals surface area contributed by atoms with Crippen LogP contribution in [0.1, 0.15) is 0 Å². The Kier molecular flexibility index (Phi) is 2.07. The van der Waals surface area contributed by atoms with Crippen molar-refractivity contribution < 1.29 is 0 Å². The molecule has 6 nitrogen and oxygen atoms in total. The molecular formula is C12H7ClN6. The summed E-state index contributed by atoms with van der Waals surface area (Å²) in [5.41, 5.74) is 2.32. The molecular weight excluding hydrogens is 264 g/mol. The molecule has 3 heterocycles. The standard InChI is InChI=1S/C12H7ClN6/c13-8-2-1-3-9(4-8)19-11-10(5-16-19)12-17-15-7-18(12)6-14-11/h1-7H. The van der Waals surface area contributed by atoms with Crippen LogP contribution >= 0.6 is 11.6 Å². The molecule has 4 rings (SSSR count). The van der Waals surface area contributed by atoms with Gasteiger partial charge in [-0.05, 0) is 18.2 Å². The Morgan fingerprint density at radius 1 is 1.11 bits per heavy atom. The molecule has 0 amide bonds. The lowest BCUT2D eigenvalue weighted by molar-refractivity contribution is 0.893. The molecule has 0 aliphatic rings. The molecule has 92 valence electrons. The van der Waals surface area contributed by atoms with Crippen LogP contribution < -0.4 is 0 Å². The Hall–Kier alpha value is -2.47. The van der Waals surface area contributed by atoms with E-state index in [1.54, 1.807) is 27.9 Å². The zero-order valence-corrected chi connectivity index (χ0v) is 10.4. The minimum absolute atomic E-state index is 0.657. The molecule has 0 fully saturated rings. The summed E-state index contributed by atoms with van der Waals surface area (Å²) < 4.78 is 3.49. The number of rotatable bonds is 1. The second-order valence-electron chi connectivity index (χ2n) is 4.08. The minimum Gasteiger partial charge on any atom is -0.271 e. The Bertz CT molecular complexity index is 893. The van der Waals surface area contributed by atoms with Gasteiger partial charge in [0, 0.05) is 5.02 Å². The van der Waals surface area contributed by atoms with Crippen LogP contribution in [-0.4, -0.2) is 29.4 Å². The van der Waals surface area contributed by atoms with E-state index >= 15 is 0 Å². The number of fused-ring (bicyclic) bond motifs is 3. The van der Waals surface area contributed by atoms with E-state index in [2.05, 4.69) is 20.3 Å². The van der Waals surface area contributed by atoms with Crippen molar-refractivity contribution in [3.63, 3.8) is 0 Å². The Labute approximate surface area is 112 Å². The van der Waals surface area contributed by atoms with Crippen molar-refractivity contribution in [1.29, 1.82) is 0 Å². The van der Waals surface area contributed by atoms with Crippen molar-refractivity contribution in [1.82, 2.24) is 29.4 Å². The second-order valence-corrected chi connectivity index (χ2v) is 4.52. The van der Waals surface area contributed by atoms with Crippen LogP contribution in [-0.2, 0) is 0 Å². The van der Waals surface area contributed by atoms with Crippen molar-refractivity contribution in [2.45, 2.75) is 0 Å². The summed E-state index contributed by atoms with van der Waals surface area (Å²) in [4.78, 5) is 4.39. The molecule has 3 aromatic heterocycles. The van der Waals surface area contributed by atoms with Gasteiger partial charge in [-0.25, -0.2) is 9.67 Å². The quantitative estimate of drug-likeness (QED) is 0.531. The predicted octanol–water partition coefficient (Wildman–Crippen LogP) is 2.12. The van der Waals surface area contributed by atoms with Gasteiger partial charge in [0.05, 0.1) is 17.3 Å². The maximum Gasteiger partial charge on any atom is 0.174 e. The first-order valence-electron chi connectivity index (χ1n) is 5.61. The van der Waals surface area contributed by atoms with Gasteiger partial charge in [-0.1, -0.05) is 17.7 Å². The lowest BCUT2D eigenvalue weighted by atomic mass is 10.3. The van der Waals surface area contributed by atoms with Gasteiger partial charge in [0.1, 0.15) is 12.7 Å². The van der Waals surface area contributed by atoms with Gasteiger partial charge in [-0.3, -0.25) is 4.40 Å². The fourth-order valence-electron chi connectivity index (χ4n) is 2.06. The number of hydrogen-bond acceptors (Lipinski definition) is 4. The van der Waals surface area contributed by atoms with Crippen molar-refractivity contribution in [2.24, 2.45) is 0 Å². The molecule has 7 heteroatoms. The molecule has 0 saturated carbocycles. The van der Waals surface area contributed by atoms with Crippen LogP contribution in [0.25, 0.3) is 22.4 Å². The summed E-state index contributed by atoms with van der Waals surface area (Å²) in [5.74, 6) is 0. The fraction of sp³-hybridized carbons (Fsp3) is 0. The average molecular weight is 271 g/mol. The van der Waals surface area contributed by atoms with E-state index in [1.165, 1.54) is 0 Å². The Morgan fingerprint density at radius 3 is 2.95 bits per heavy atom. The third-order valence-corrected chi connectivity index (χ3v) is 3.15. The largest absolute Gasteiger partial charge is 0.271 e. The van der Waals surface area contributed by atoms with Gasteiger partial charge in [-0.15, -0.1) is 10.2 Å². The highest BCUT2D eigenvalue weighted by Crippen LogP contribution is 2.20. The summed E-state index contributed by atoms with van der Waals surface area (Å²) in [6, 6.07) is 7.46. The molecule has 19 heavy (non-hydrogen) atoms. The molecule has 0 aliphatic carbocycles. The number of aromatic nitrogens is 6. The number of nitrogens with zero attached hydrogens (tertiary/aromatic N) is 6. The highest BCUT2D eigenvalue weighted by Gasteiger charge is 2.11. The van der Waals surface area contributed by atoms with Crippen molar-refractivity contribution in [3.8, 4) is 5.69 Å². The summed E-state index contributed by atoms with van der Waals surface area (Å²) >= 11 is 6.00. The fourth-order valence-corrected chi connectivity index (χ4v) is 2.24. The lowest BCUT2D eigenvalue weighted by Gasteiger charge is -2.03. The topological polar surface area (TPSA) is 60.9 Å². The van der Waals surface area contributed by atoms with Crippen molar-refractivity contribution >= 4 is 28.3 Å². The van der Waals surface area contributed by atoms with E-state index in [-0.39, 0.29) is 0 Å². The van der Waals surface area contributed by atoms with E-state index in [0.717, 1.165) is 22.4 Å². The maximum atomic E-state index is 6.00. The molecule has 0 bridgehead atoms. The normalized spacial score (nSPS) is 11.4. The third kappa shape index (κ3) is 1.50. The molecule has 4 aromatic rings. The third-order valence-electron chi connectivity index (χ3n) is 2.91. The number of hydrogen-bond donors (Lipinski definition) is 0. The van der Waals surface area contributed by atoms with Crippen LogP contribution in [0.5, 0.6) is 0 Å². The van der Waals surface area contributed by atoms with E-state index in [4.69, 9.17) is 11.6 Å². The molecule has 0 saturated heterocycles. The van der Waals surface area contributed by atoms with Gasteiger partial charge < -0.3 is 0 Å². The molecule has 0 atom stereocenters. The highest BCUT2D eigenvalue weighted by molar-refractivity contribution is 6.30. The number of halogens is 1. The van der Waals surface area contributed by atoms with Crippen molar-refractivity contribution in [2.75, 3.05) is 0 Å². The van der Waals surface area contributed by atoms with Gasteiger partial charge in [0.2, 0.25) is 0 Å². The summed E-state index contributed by atoms with van der Waals surface area (Å²) in [6.07, 6.45) is 5.01. The predicted molar refractivity (Wildman–Crippen MR) is 70.4 cm³/mol. The average Bonchev–Trinajstić information content (AvgIpc) is 3.04. The molecule has 0 unspecified atom stereocenters. The second kappa shape index (κ2) is 3.76. The summed E-state index contributed by atoms with van der Waals surface area (Å²) in [7, 11) is 0. The molecule has 0 aliphatic heterocycles. The number of benzene rings is 1. The van der Waals surface area contributed by atoms with E-state index in [1.807, 2.05) is 24.3 Å². The Balaban J connectivity index is 2.05. The maximum absolute atomic E-state index is 6.00. The monoisotopic (exact) mass is 270 g/mol.